The summed E-state index contributed by atoms with van der Waals surface area (Å²) >= 11 is 0. The van der Waals surface area contributed by atoms with Gasteiger partial charge in [-0.1, -0.05) is 25.3 Å². The molecule has 0 aliphatic heterocycles. The summed E-state index contributed by atoms with van der Waals surface area (Å²) in [5.74, 6) is 0. The molecule has 0 saturated heterocycles. The van der Waals surface area contributed by atoms with Crippen LogP contribution in [0.5, 0.6) is 0 Å². The Kier molecular flexibility index (Phi) is 5.42. The van der Waals surface area contributed by atoms with Crippen molar-refractivity contribution in [2.45, 2.75) is 44.6 Å². The van der Waals surface area contributed by atoms with Crippen molar-refractivity contribution in [3.05, 3.63) is 18.2 Å². The molecule has 2 amide bonds. The number of fused-ring (bicyclic) bond motifs is 1. The molecule has 3 rings (SSSR count). The number of anilines is 1. The number of hydrogen-bond donors (Lipinski definition) is 3. The molecule has 0 bridgehead atoms. The number of urea groups is 1. The Balaban J connectivity index is 1.36. The number of rotatable bonds is 6. The van der Waals surface area contributed by atoms with E-state index in [0.717, 1.165) is 11.9 Å². The van der Waals surface area contributed by atoms with E-state index >= 15 is 0 Å². The van der Waals surface area contributed by atoms with Gasteiger partial charge in [-0.15, -0.1) is 0 Å². The van der Waals surface area contributed by atoms with Crippen LogP contribution in [-0.2, 0) is 4.74 Å². The van der Waals surface area contributed by atoms with Gasteiger partial charge in [0.05, 0.1) is 11.8 Å². The van der Waals surface area contributed by atoms with Crippen LogP contribution in [0.2, 0.25) is 0 Å². The first kappa shape index (κ1) is 15.7. The van der Waals surface area contributed by atoms with Gasteiger partial charge in [0.15, 0.2) is 0 Å². The minimum Gasteiger partial charge on any atom is -0.378 e. The summed E-state index contributed by atoms with van der Waals surface area (Å²) in [7, 11) is 0. The molecule has 7 heteroatoms. The molecular weight excluding hydrogens is 294 g/mol. The average Bonchev–Trinajstić information content (AvgIpc) is 3.05. The number of aromatic nitrogens is 3. The number of carbonyl (C=O) groups excluding carboxylic acids is 1. The van der Waals surface area contributed by atoms with Crippen LogP contribution >= 0.6 is 0 Å². The predicted octanol–water partition coefficient (Wildman–Crippen LogP) is 2.82. The van der Waals surface area contributed by atoms with Gasteiger partial charge in [0.25, 0.3) is 0 Å². The SMILES string of the molecule is O=C(NCCCOC1CCCCC1)Nc1cccc2n[nH]nc12. The molecular formula is C16H23N5O2. The van der Waals surface area contributed by atoms with Gasteiger partial charge < -0.3 is 15.4 Å². The Labute approximate surface area is 135 Å². The Bertz CT molecular complexity index is 636. The maximum Gasteiger partial charge on any atom is 0.319 e. The molecule has 0 radical (unpaired) electrons. The zero-order valence-electron chi connectivity index (χ0n) is 13.2. The Hall–Kier alpha value is -2.15. The van der Waals surface area contributed by atoms with E-state index in [0.29, 0.717) is 30.5 Å². The average molecular weight is 317 g/mol. The minimum absolute atomic E-state index is 0.238. The fourth-order valence-corrected chi connectivity index (χ4v) is 2.89. The van der Waals surface area contributed by atoms with Gasteiger partial charge >= 0.3 is 6.03 Å². The van der Waals surface area contributed by atoms with E-state index in [-0.39, 0.29) is 6.03 Å². The van der Waals surface area contributed by atoms with Crippen molar-refractivity contribution < 1.29 is 9.53 Å². The van der Waals surface area contributed by atoms with Crippen LogP contribution in [0, 0.1) is 0 Å². The molecule has 2 aromatic rings. The van der Waals surface area contributed by atoms with Crippen molar-refractivity contribution in [2.75, 3.05) is 18.5 Å². The highest BCUT2D eigenvalue weighted by Crippen LogP contribution is 2.20. The summed E-state index contributed by atoms with van der Waals surface area (Å²) < 4.78 is 5.84. The van der Waals surface area contributed by atoms with Gasteiger partial charge in [-0.2, -0.15) is 15.4 Å². The fraction of sp³-hybridized carbons (Fsp3) is 0.562. The molecule has 1 heterocycles. The summed E-state index contributed by atoms with van der Waals surface area (Å²) in [6, 6.07) is 5.23. The number of benzene rings is 1. The number of nitrogens with zero attached hydrogens (tertiary/aromatic N) is 2. The van der Waals surface area contributed by atoms with E-state index in [1.54, 1.807) is 6.07 Å². The van der Waals surface area contributed by atoms with Crippen LogP contribution in [0.3, 0.4) is 0 Å². The second-order valence-electron chi connectivity index (χ2n) is 5.86. The lowest BCUT2D eigenvalue weighted by Gasteiger charge is -2.21. The number of aromatic amines is 1. The Morgan fingerprint density at radius 1 is 1.26 bits per heavy atom. The van der Waals surface area contributed by atoms with E-state index in [1.807, 2.05) is 12.1 Å². The quantitative estimate of drug-likeness (QED) is 0.714. The third-order valence-corrected chi connectivity index (χ3v) is 4.11. The highest BCUT2D eigenvalue weighted by atomic mass is 16.5. The first-order chi connectivity index (χ1) is 11.3. The van der Waals surface area contributed by atoms with Gasteiger partial charge in [-0.3, -0.25) is 0 Å². The normalized spacial score (nSPS) is 15.7. The van der Waals surface area contributed by atoms with Crippen LogP contribution in [-0.4, -0.2) is 40.7 Å². The van der Waals surface area contributed by atoms with E-state index in [1.165, 1.54) is 32.1 Å². The number of carbonyl (C=O) groups is 1. The van der Waals surface area contributed by atoms with E-state index in [2.05, 4.69) is 26.0 Å². The first-order valence-electron chi connectivity index (χ1n) is 8.29. The minimum atomic E-state index is -0.238. The summed E-state index contributed by atoms with van der Waals surface area (Å²) in [5.41, 5.74) is 2.03. The number of para-hydroxylation sites is 1. The molecule has 7 nitrogen and oxygen atoms in total. The smallest absolute Gasteiger partial charge is 0.319 e. The maximum absolute atomic E-state index is 11.9. The monoisotopic (exact) mass is 317 g/mol. The Morgan fingerprint density at radius 3 is 3.00 bits per heavy atom. The van der Waals surface area contributed by atoms with Crippen molar-refractivity contribution in [3.8, 4) is 0 Å². The number of nitrogens with one attached hydrogen (secondary N) is 3. The van der Waals surface area contributed by atoms with Crippen molar-refractivity contribution in [1.29, 1.82) is 0 Å². The summed E-state index contributed by atoms with van der Waals surface area (Å²) in [4.78, 5) is 11.9. The van der Waals surface area contributed by atoms with Crippen LogP contribution in [0.1, 0.15) is 38.5 Å². The van der Waals surface area contributed by atoms with Crippen molar-refractivity contribution in [2.24, 2.45) is 0 Å². The molecule has 1 aromatic carbocycles. The van der Waals surface area contributed by atoms with Gasteiger partial charge in [0.1, 0.15) is 11.0 Å². The highest BCUT2D eigenvalue weighted by molar-refractivity contribution is 5.98. The molecule has 1 saturated carbocycles. The van der Waals surface area contributed by atoms with Crippen molar-refractivity contribution in [1.82, 2.24) is 20.7 Å². The summed E-state index contributed by atoms with van der Waals surface area (Å²) in [6.07, 6.45) is 7.48. The lowest BCUT2D eigenvalue weighted by atomic mass is 9.98. The molecule has 0 spiro atoms. The molecule has 1 fully saturated rings. The molecule has 0 unspecified atom stereocenters. The molecule has 3 N–H and O–H groups in total. The lowest BCUT2D eigenvalue weighted by molar-refractivity contribution is 0.0276. The topological polar surface area (TPSA) is 91.9 Å². The molecule has 1 aliphatic carbocycles. The highest BCUT2D eigenvalue weighted by Gasteiger charge is 2.13. The second-order valence-corrected chi connectivity index (χ2v) is 5.86. The standard InChI is InChI=1S/C16H23N5O2/c22-16(17-10-5-11-23-12-6-2-1-3-7-12)18-13-8-4-9-14-15(13)20-21-19-14/h4,8-9,12H,1-3,5-7,10-11H2,(H2,17,18,22)(H,19,20,21). The van der Waals surface area contributed by atoms with Gasteiger partial charge in [-0.25, -0.2) is 4.79 Å². The van der Waals surface area contributed by atoms with Crippen LogP contribution in [0.25, 0.3) is 11.0 Å². The summed E-state index contributed by atoms with van der Waals surface area (Å²) in [6.45, 7) is 1.29. The maximum atomic E-state index is 11.9. The van der Waals surface area contributed by atoms with E-state index in [4.69, 9.17) is 4.74 Å². The lowest BCUT2D eigenvalue weighted by Crippen LogP contribution is -2.30. The number of ether oxygens (including phenoxy) is 1. The van der Waals surface area contributed by atoms with Crippen molar-refractivity contribution >= 4 is 22.8 Å². The van der Waals surface area contributed by atoms with Gasteiger partial charge in [-0.05, 0) is 31.4 Å². The zero-order chi connectivity index (χ0) is 15.9. The molecule has 0 atom stereocenters. The van der Waals surface area contributed by atoms with E-state index in [9.17, 15) is 4.79 Å². The van der Waals surface area contributed by atoms with Gasteiger partial charge in [0, 0.05) is 13.2 Å². The molecule has 23 heavy (non-hydrogen) atoms. The van der Waals surface area contributed by atoms with Crippen LogP contribution in [0.15, 0.2) is 18.2 Å². The number of amides is 2. The molecule has 1 aliphatic rings. The van der Waals surface area contributed by atoms with E-state index < -0.39 is 0 Å². The molecule has 124 valence electrons. The third-order valence-electron chi connectivity index (χ3n) is 4.11. The number of hydrogen-bond acceptors (Lipinski definition) is 4. The molecule has 1 aromatic heterocycles. The second kappa shape index (κ2) is 7.92. The zero-order valence-corrected chi connectivity index (χ0v) is 13.2. The van der Waals surface area contributed by atoms with Crippen LogP contribution < -0.4 is 10.6 Å². The Morgan fingerprint density at radius 2 is 2.13 bits per heavy atom. The predicted molar refractivity (Wildman–Crippen MR) is 88.4 cm³/mol. The van der Waals surface area contributed by atoms with Gasteiger partial charge in [0.2, 0.25) is 0 Å². The summed E-state index contributed by atoms with van der Waals surface area (Å²) in [5, 5.41) is 16.2. The largest absolute Gasteiger partial charge is 0.378 e. The van der Waals surface area contributed by atoms with Crippen LogP contribution in [0.4, 0.5) is 10.5 Å². The van der Waals surface area contributed by atoms with Crippen molar-refractivity contribution in [3.63, 3.8) is 0 Å². The first-order valence-corrected chi connectivity index (χ1v) is 8.29. The fourth-order valence-electron chi connectivity index (χ4n) is 2.89. The third kappa shape index (κ3) is 4.41. The number of H-pyrrole nitrogens is 1.